The minimum Gasteiger partial charge on any atom is -0.494 e. The number of fused-ring (bicyclic) bond motifs is 1. The van der Waals surface area contributed by atoms with Gasteiger partial charge in [0.1, 0.15) is 5.75 Å². The molecule has 44 heavy (non-hydrogen) atoms. The molecule has 1 saturated carbocycles. The summed E-state index contributed by atoms with van der Waals surface area (Å²) in [7, 11) is 0. The van der Waals surface area contributed by atoms with Gasteiger partial charge in [-0.05, 0) is 87.2 Å². The molecule has 11 heteroatoms. The summed E-state index contributed by atoms with van der Waals surface area (Å²) >= 11 is 0. The topological polar surface area (TPSA) is 165 Å². The number of piperidine rings is 1. The minimum absolute atomic E-state index is 0.558. The maximum atomic E-state index is 9.55. The Morgan fingerprint density at radius 2 is 1.20 bits per heavy atom. The van der Waals surface area contributed by atoms with Crippen LogP contribution in [0.5, 0.6) is 5.75 Å². The number of carboxylic acid groups (broad SMARTS) is 4. The molecule has 0 bridgehead atoms. The van der Waals surface area contributed by atoms with Crippen LogP contribution in [0, 0.1) is 5.92 Å². The summed E-state index contributed by atoms with van der Waals surface area (Å²) in [6, 6.07) is 6.87. The first kappa shape index (κ1) is 36.5. The van der Waals surface area contributed by atoms with Crippen LogP contribution >= 0.6 is 0 Å². The predicted molar refractivity (Wildman–Crippen MR) is 166 cm³/mol. The fourth-order valence-electron chi connectivity index (χ4n) is 5.70. The smallest absolute Gasteiger partial charge is 0.328 e. The second kappa shape index (κ2) is 21.1. The first-order valence-corrected chi connectivity index (χ1v) is 15.6. The quantitative estimate of drug-likeness (QED) is 0.206. The van der Waals surface area contributed by atoms with Gasteiger partial charge in [-0.15, -0.1) is 0 Å². The molecular weight excluding hydrogens is 568 g/mol. The average molecular weight is 617 g/mol. The summed E-state index contributed by atoms with van der Waals surface area (Å²) in [6.07, 6.45) is 17.2. The van der Waals surface area contributed by atoms with Crippen LogP contribution in [-0.4, -0.2) is 100.0 Å². The fraction of sp³-hybridized carbons (Fsp3) is 0.576. The van der Waals surface area contributed by atoms with Gasteiger partial charge in [-0.2, -0.15) is 0 Å². The van der Waals surface area contributed by atoms with E-state index in [1.165, 1.54) is 109 Å². The zero-order valence-corrected chi connectivity index (χ0v) is 25.6. The van der Waals surface area contributed by atoms with Crippen molar-refractivity contribution in [3.8, 4) is 5.75 Å². The zero-order valence-electron chi connectivity index (χ0n) is 25.6. The molecule has 0 amide bonds. The Morgan fingerprint density at radius 1 is 0.682 bits per heavy atom. The van der Waals surface area contributed by atoms with Crippen LogP contribution in [0.2, 0.25) is 0 Å². The van der Waals surface area contributed by atoms with Crippen LogP contribution in [0.15, 0.2) is 42.5 Å². The molecule has 0 spiro atoms. The standard InChI is InChI=1S/C25H40N2O.2C4H4O4/c1-3-8-22(9-4-1)21-27-17-12-23-10-11-25(20-24(23)13-18-27)28-19-7-16-26-14-5-2-6-15-26;2*5-3(6)1-2-4(7)8/h10-11,20,22H,1-9,12-19,21H2;2*1-2H,(H,5,6)(H,7,8)/b;2*2-1-. The lowest BCUT2D eigenvalue weighted by molar-refractivity contribution is -0.134. The van der Waals surface area contributed by atoms with Crippen LogP contribution in [0.1, 0.15) is 68.9 Å². The van der Waals surface area contributed by atoms with E-state index in [-0.39, 0.29) is 0 Å². The maximum absolute atomic E-state index is 9.55. The number of likely N-dealkylation sites (tertiary alicyclic amines) is 1. The van der Waals surface area contributed by atoms with Crippen LogP contribution < -0.4 is 4.74 Å². The average Bonchev–Trinajstić information content (AvgIpc) is 3.21. The Bertz CT molecular complexity index is 1040. The molecule has 0 atom stereocenters. The summed E-state index contributed by atoms with van der Waals surface area (Å²) in [5.74, 6) is -2.99. The van der Waals surface area contributed by atoms with Gasteiger partial charge in [0.15, 0.2) is 0 Å². The summed E-state index contributed by atoms with van der Waals surface area (Å²) in [4.78, 5) is 43.5. The molecule has 1 aromatic rings. The number of hydrogen-bond donors (Lipinski definition) is 4. The summed E-state index contributed by atoms with van der Waals surface area (Å²) in [5, 5.41) is 31.2. The van der Waals surface area contributed by atoms with Gasteiger partial charge in [-0.1, -0.05) is 31.7 Å². The van der Waals surface area contributed by atoms with Crippen LogP contribution in [0.4, 0.5) is 0 Å². The van der Waals surface area contributed by atoms with Crippen molar-refractivity contribution in [1.29, 1.82) is 0 Å². The number of hydrogen-bond acceptors (Lipinski definition) is 7. The van der Waals surface area contributed by atoms with Crippen molar-refractivity contribution in [3.05, 3.63) is 53.6 Å². The van der Waals surface area contributed by atoms with Gasteiger partial charge < -0.3 is 35.0 Å². The van der Waals surface area contributed by atoms with Crippen molar-refractivity contribution in [3.63, 3.8) is 0 Å². The van der Waals surface area contributed by atoms with Crippen molar-refractivity contribution in [2.24, 2.45) is 5.92 Å². The number of aliphatic carboxylic acids is 4. The third-order valence-electron chi connectivity index (χ3n) is 7.89. The number of rotatable bonds is 11. The molecule has 3 aliphatic rings. The molecule has 2 heterocycles. The van der Waals surface area contributed by atoms with Crippen molar-refractivity contribution < 1.29 is 44.3 Å². The fourth-order valence-corrected chi connectivity index (χ4v) is 5.70. The molecular formula is C33H48N2O9. The highest BCUT2D eigenvalue weighted by Gasteiger charge is 2.20. The highest BCUT2D eigenvalue weighted by molar-refractivity contribution is 5.90. The van der Waals surface area contributed by atoms with E-state index >= 15 is 0 Å². The Kier molecular flexibility index (Phi) is 17.5. The van der Waals surface area contributed by atoms with Gasteiger partial charge in [0.2, 0.25) is 0 Å². The van der Waals surface area contributed by atoms with Gasteiger partial charge in [-0.25, -0.2) is 19.2 Å². The summed E-state index contributed by atoms with van der Waals surface area (Å²) < 4.78 is 6.11. The lowest BCUT2D eigenvalue weighted by Crippen LogP contribution is -2.32. The van der Waals surface area contributed by atoms with E-state index in [1.54, 1.807) is 5.56 Å². The molecule has 244 valence electrons. The first-order chi connectivity index (χ1) is 21.1. The maximum Gasteiger partial charge on any atom is 0.328 e. The molecule has 4 N–H and O–H groups in total. The lowest BCUT2D eigenvalue weighted by atomic mass is 9.89. The third-order valence-corrected chi connectivity index (χ3v) is 7.89. The summed E-state index contributed by atoms with van der Waals surface area (Å²) in [5.41, 5.74) is 3.08. The van der Waals surface area contributed by atoms with Gasteiger partial charge in [0, 0.05) is 50.5 Å². The van der Waals surface area contributed by atoms with Crippen molar-refractivity contribution in [2.75, 3.05) is 45.9 Å². The number of nitrogens with zero attached hydrogens (tertiary/aromatic N) is 2. The lowest BCUT2D eigenvalue weighted by Gasteiger charge is -2.28. The largest absolute Gasteiger partial charge is 0.494 e. The Hall–Kier alpha value is -3.70. The van der Waals surface area contributed by atoms with E-state index in [9.17, 15) is 19.2 Å². The monoisotopic (exact) mass is 616 g/mol. The van der Waals surface area contributed by atoms with E-state index in [2.05, 4.69) is 28.0 Å². The van der Waals surface area contributed by atoms with Gasteiger partial charge in [0.25, 0.3) is 0 Å². The van der Waals surface area contributed by atoms with Crippen LogP contribution in [0.25, 0.3) is 0 Å². The Labute approximate surface area is 259 Å². The number of ether oxygens (including phenoxy) is 1. The van der Waals surface area contributed by atoms with E-state index in [0.29, 0.717) is 24.3 Å². The van der Waals surface area contributed by atoms with E-state index in [4.69, 9.17) is 25.2 Å². The van der Waals surface area contributed by atoms with Crippen molar-refractivity contribution in [1.82, 2.24) is 9.80 Å². The van der Waals surface area contributed by atoms with Gasteiger partial charge in [-0.3, -0.25) is 0 Å². The van der Waals surface area contributed by atoms with Gasteiger partial charge in [0.05, 0.1) is 6.61 Å². The molecule has 11 nitrogen and oxygen atoms in total. The van der Waals surface area contributed by atoms with E-state index in [0.717, 1.165) is 24.7 Å². The van der Waals surface area contributed by atoms with E-state index < -0.39 is 23.9 Å². The predicted octanol–water partition coefficient (Wildman–Crippen LogP) is 4.35. The molecule has 0 aromatic heterocycles. The van der Waals surface area contributed by atoms with Crippen molar-refractivity contribution >= 4 is 23.9 Å². The third kappa shape index (κ3) is 16.8. The number of benzene rings is 1. The molecule has 0 radical (unpaired) electrons. The second-order valence-electron chi connectivity index (χ2n) is 11.4. The molecule has 2 fully saturated rings. The Balaban J connectivity index is 0.000000349. The van der Waals surface area contributed by atoms with Crippen LogP contribution in [0.3, 0.4) is 0 Å². The van der Waals surface area contributed by atoms with E-state index in [1.807, 2.05) is 0 Å². The normalized spacial score (nSPS) is 17.8. The highest BCUT2D eigenvalue weighted by Crippen LogP contribution is 2.27. The first-order valence-electron chi connectivity index (χ1n) is 15.6. The molecule has 1 aliphatic carbocycles. The molecule has 0 unspecified atom stereocenters. The highest BCUT2D eigenvalue weighted by atomic mass is 16.5. The number of carboxylic acids is 4. The van der Waals surface area contributed by atoms with Gasteiger partial charge >= 0.3 is 23.9 Å². The zero-order chi connectivity index (χ0) is 32.2. The van der Waals surface area contributed by atoms with Crippen molar-refractivity contribution in [2.45, 2.75) is 70.6 Å². The summed E-state index contributed by atoms with van der Waals surface area (Å²) in [6.45, 7) is 8.41. The molecule has 4 rings (SSSR count). The SMILES string of the molecule is O=C(O)/C=C\C(=O)O.O=C(O)/C=C\C(=O)O.c1cc2c(cc1OCCCN1CCCCC1)CCN(CC1CCCCC1)CC2. The molecule has 1 saturated heterocycles. The minimum atomic E-state index is -1.26. The Morgan fingerprint density at radius 3 is 1.75 bits per heavy atom. The number of carbonyl (C=O) groups is 4. The molecule has 1 aromatic carbocycles. The molecule has 2 aliphatic heterocycles. The van der Waals surface area contributed by atoms with Crippen LogP contribution in [-0.2, 0) is 32.0 Å². The second-order valence-corrected chi connectivity index (χ2v) is 11.4.